The Labute approximate surface area is 163 Å². The Kier molecular flexibility index (Phi) is 3.76. The third-order valence-electron chi connectivity index (χ3n) is 5.28. The van der Waals surface area contributed by atoms with E-state index < -0.39 is 0 Å². The summed E-state index contributed by atoms with van der Waals surface area (Å²) in [6.07, 6.45) is 3.65. The smallest absolute Gasteiger partial charge is 0.141 e. The van der Waals surface area contributed by atoms with Crippen molar-refractivity contribution in [3.05, 3.63) is 60.9 Å². The van der Waals surface area contributed by atoms with Crippen LogP contribution < -0.4 is 4.90 Å². The Bertz CT molecular complexity index is 1320. The summed E-state index contributed by atoms with van der Waals surface area (Å²) in [5.74, 6) is 0.976. The maximum absolute atomic E-state index is 5.09. The van der Waals surface area contributed by atoms with E-state index in [-0.39, 0.29) is 0 Å². The molecule has 0 N–H and O–H groups in total. The normalized spacial score (nSPS) is 11.5. The highest BCUT2D eigenvalue weighted by Crippen LogP contribution is 2.35. The minimum atomic E-state index is 0.830. The molecule has 5 aromatic rings. The van der Waals surface area contributed by atoms with Crippen molar-refractivity contribution in [1.82, 2.24) is 19.5 Å². The summed E-state index contributed by atoms with van der Waals surface area (Å²) in [7, 11) is 4.10. The maximum atomic E-state index is 5.09. The zero-order valence-electron chi connectivity index (χ0n) is 16.2. The molecule has 2 aromatic carbocycles. The fourth-order valence-corrected chi connectivity index (χ4v) is 3.92. The van der Waals surface area contributed by atoms with E-state index in [9.17, 15) is 0 Å². The van der Waals surface area contributed by atoms with Crippen LogP contribution in [-0.4, -0.2) is 33.6 Å². The van der Waals surface area contributed by atoms with Crippen LogP contribution in [0.25, 0.3) is 44.2 Å². The van der Waals surface area contributed by atoms with E-state index >= 15 is 0 Å². The number of benzene rings is 2. The van der Waals surface area contributed by atoms with Gasteiger partial charge in [-0.3, -0.25) is 9.97 Å². The SMILES string of the molecule is CCn1c(-c2ccc(N(C)C)cc2)nc2c3cccnc3c3ncccc3c21. The van der Waals surface area contributed by atoms with Gasteiger partial charge in [-0.15, -0.1) is 0 Å². The van der Waals surface area contributed by atoms with Crippen LogP contribution >= 0.6 is 0 Å². The zero-order valence-corrected chi connectivity index (χ0v) is 16.2. The van der Waals surface area contributed by atoms with Gasteiger partial charge in [0.15, 0.2) is 0 Å². The lowest BCUT2D eigenvalue weighted by atomic mass is 10.1. The number of rotatable bonds is 3. The predicted molar refractivity (Wildman–Crippen MR) is 116 cm³/mol. The standard InChI is InChI=1S/C23H21N5/c1-4-28-22-18-8-6-14-25-20(18)19-17(7-5-13-24-19)21(22)26-23(28)15-9-11-16(12-10-15)27(2)3/h5-14H,4H2,1-3H3. The minimum Gasteiger partial charge on any atom is -0.378 e. The number of aryl methyl sites for hydroxylation is 1. The van der Waals surface area contributed by atoms with Gasteiger partial charge in [-0.05, 0) is 55.5 Å². The van der Waals surface area contributed by atoms with Crippen molar-refractivity contribution in [2.24, 2.45) is 0 Å². The highest BCUT2D eigenvalue weighted by molar-refractivity contribution is 6.21. The lowest BCUT2D eigenvalue weighted by Gasteiger charge is -2.13. The van der Waals surface area contributed by atoms with Crippen LogP contribution in [0.4, 0.5) is 5.69 Å². The molecular formula is C23H21N5. The summed E-state index contributed by atoms with van der Waals surface area (Å²) in [6.45, 7) is 2.99. The highest BCUT2D eigenvalue weighted by Gasteiger charge is 2.18. The fourth-order valence-electron chi connectivity index (χ4n) is 3.92. The van der Waals surface area contributed by atoms with E-state index in [0.717, 1.165) is 50.8 Å². The van der Waals surface area contributed by atoms with Crippen molar-refractivity contribution in [2.45, 2.75) is 13.5 Å². The van der Waals surface area contributed by atoms with Crippen LogP contribution in [0.5, 0.6) is 0 Å². The van der Waals surface area contributed by atoms with Gasteiger partial charge in [0.2, 0.25) is 0 Å². The zero-order chi connectivity index (χ0) is 19.3. The maximum Gasteiger partial charge on any atom is 0.141 e. The van der Waals surface area contributed by atoms with Crippen molar-refractivity contribution in [3.63, 3.8) is 0 Å². The Morgan fingerprint density at radius 2 is 1.46 bits per heavy atom. The number of hydrogen-bond acceptors (Lipinski definition) is 4. The molecule has 0 radical (unpaired) electrons. The van der Waals surface area contributed by atoms with Gasteiger partial charge < -0.3 is 9.47 Å². The molecule has 0 spiro atoms. The minimum absolute atomic E-state index is 0.830. The number of fused-ring (bicyclic) bond motifs is 6. The van der Waals surface area contributed by atoms with Gasteiger partial charge in [-0.2, -0.15) is 0 Å². The van der Waals surface area contributed by atoms with Crippen LogP contribution in [0.15, 0.2) is 60.9 Å². The molecule has 0 saturated heterocycles. The second-order valence-electron chi connectivity index (χ2n) is 7.12. The van der Waals surface area contributed by atoms with E-state index in [1.54, 1.807) is 0 Å². The summed E-state index contributed by atoms with van der Waals surface area (Å²) in [5.41, 5.74) is 6.22. The Morgan fingerprint density at radius 3 is 2.11 bits per heavy atom. The van der Waals surface area contributed by atoms with E-state index in [0.29, 0.717) is 0 Å². The second-order valence-corrected chi connectivity index (χ2v) is 7.12. The van der Waals surface area contributed by atoms with E-state index in [1.165, 1.54) is 5.69 Å². The Hall–Kier alpha value is -3.47. The molecule has 0 unspecified atom stereocenters. The molecule has 0 fully saturated rings. The highest BCUT2D eigenvalue weighted by atomic mass is 15.1. The average Bonchev–Trinajstić information content (AvgIpc) is 3.14. The fraction of sp³-hybridized carbons (Fsp3) is 0.174. The van der Waals surface area contributed by atoms with Crippen molar-refractivity contribution in [2.75, 3.05) is 19.0 Å². The molecule has 0 aliphatic heterocycles. The Morgan fingerprint density at radius 1 is 0.821 bits per heavy atom. The second kappa shape index (κ2) is 6.30. The van der Waals surface area contributed by atoms with Gasteiger partial charge in [0.05, 0.1) is 22.1 Å². The van der Waals surface area contributed by atoms with Crippen molar-refractivity contribution in [1.29, 1.82) is 0 Å². The van der Waals surface area contributed by atoms with Crippen LogP contribution in [0, 0.1) is 0 Å². The quantitative estimate of drug-likeness (QED) is 0.426. The molecule has 3 aromatic heterocycles. The predicted octanol–water partition coefficient (Wildman–Crippen LogP) is 4.89. The molecule has 3 heterocycles. The monoisotopic (exact) mass is 367 g/mol. The molecule has 138 valence electrons. The third kappa shape index (κ3) is 2.36. The molecule has 0 aliphatic rings. The number of hydrogen-bond donors (Lipinski definition) is 0. The van der Waals surface area contributed by atoms with E-state index in [4.69, 9.17) is 4.98 Å². The van der Waals surface area contributed by atoms with Crippen LogP contribution in [-0.2, 0) is 6.54 Å². The molecule has 5 nitrogen and oxygen atoms in total. The van der Waals surface area contributed by atoms with Crippen molar-refractivity contribution in [3.8, 4) is 11.4 Å². The van der Waals surface area contributed by atoms with Crippen LogP contribution in [0.2, 0.25) is 0 Å². The topological polar surface area (TPSA) is 46.8 Å². The lowest BCUT2D eigenvalue weighted by Crippen LogP contribution is -2.08. The summed E-state index contributed by atoms with van der Waals surface area (Å²) < 4.78 is 2.29. The first kappa shape index (κ1) is 16.7. The van der Waals surface area contributed by atoms with Gasteiger partial charge in [0, 0.05) is 55.1 Å². The van der Waals surface area contributed by atoms with Gasteiger partial charge in [-0.1, -0.05) is 0 Å². The Balaban J connectivity index is 1.90. The molecule has 0 amide bonds. The van der Waals surface area contributed by atoms with Gasteiger partial charge in [0.25, 0.3) is 0 Å². The van der Waals surface area contributed by atoms with Crippen molar-refractivity contribution >= 4 is 38.5 Å². The summed E-state index contributed by atoms with van der Waals surface area (Å²) in [5, 5.41) is 2.14. The largest absolute Gasteiger partial charge is 0.378 e. The molecule has 0 aliphatic carbocycles. The number of pyridine rings is 2. The summed E-state index contributed by atoms with van der Waals surface area (Å²) in [4.78, 5) is 16.4. The average molecular weight is 367 g/mol. The number of aromatic nitrogens is 4. The molecule has 0 atom stereocenters. The van der Waals surface area contributed by atoms with Gasteiger partial charge in [-0.25, -0.2) is 4.98 Å². The molecule has 5 heteroatoms. The summed E-state index contributed by atoms with van der Waals surface area (Å²) in [6, 6.07) is 16.7. The molecular weight excluding hydrogens is 346 g/mol. The third-order valence-corrected chi connectivity index (χ3v) is 5.28. The molecule has 0 bridgehead atoms. The molecule has 0 saturated carbocycles. The molecule has 28 heavy (non-hydrogen) atoms. The number of imidazole rings is 1. The number of anilines is 1. The first-order valence-corrected chi connectivity index (χ1v) is 9.48. The van der Waals surface area contributed by atoms with Crippen LogP contribution in [0.1, 0.15) is 6.92 Å². The first-order chi connectivity index (χ1) is 13.7. The first-order valence-electron chi connectivity index (χ1n) is 9.48. The van der Waals surface area contributed by atoms with Crippen molar-refractivity contribution < 1.29 is 0 Å². The van der Waals surface area contributed by atoms with Gasteiger partial charge >= 0.3 is 0 Å². The number of nitrogens with zero attached hydrogens (tertiary/aromatic N) is 5. The van der Waals surface area contributed by atoms with Crippen LogP contribution in [0.3, 0.4) is 0 Å². The van der Waals surface area contributed by atoms with Gasteiger partial charge in [0.1, 0.15) is 5.82 Å². The van der Waals surface area contributed by atoms with E-state index in [2.05, 4.69) is 76.9 Å². The van der Waals surface area contributed by atoms with E-state index in [1.807, 2.05) is 24.5 Å². The lowest BCUT2D eigenvalue weighted by molar-refractivity contribution is 0.798. The molecule has 5 rings (SSSR count). The summed E-state index contributed by atoms with van der Waals surface area (Å²) >= 11 is 0.